The van der Waals surface area contributed by atoms with Gasteiger partial charge in [0, 0.05) is 36.6 Å². The summed E-state index contributed by atoms with van der Waals surface area (Å²) in [6.07, 6.45) is 0.462. The first kappa shape index (κ1) is 15.7. The second-order valence-electron chi connectivity index (χ2n) is 5.74. The third-order valence-electron chi connectivity index (χ3n) is 4.20. The first-order chi connectivity index (χ1) is 11.1. The maximum Gasteiger partial charge on any atom is 0.254 e. The van der Waals surface area contributed by atoms with E-state index < -0.39 is 0 Å². The summed E-state index contributed by atoms with van der Waals surface area (Å²) < 4.78 is 0. The molecule has 23 heavy (non-hydrogen) atoms. The van der Waals surface area contributed by atoms with E-state index in [1.807, 2.05) is 58.5 Å². The minimum atomic E-state index is 0.0634. The van der Waals surface area contributed by atoms with Crippen molar-refractivity contribution in [1.82, 2.24) is 9.80 Å². The Morgan fingerprint density at radius 2 is 1.70 bits per heavy atom. The molecule has 4 nitrogen and oxygen atoms in total. The fourth-order valence-corrected chi connectivity index (χ4v) is 3.51. The number of hydrogen-bond acceptors (Lipinski definition) is 3. The van der Waals surface area contributed by atoms with Gasteiger partial charge in [-0.25, -0.2) is 0 Å². The van der Waals surface area contributed by atoms with E-state index in [2.05, 4.69) is 0 Å². The number of nitrogens with zero attached hydrogens (tertiary/aromatic N) is 2. The second-order valence-corrected chi connectivity index (χ2v) is 6.78. The van der Waals surface area contributed by atoms with Crippen molar-refractivity contribution in [3.63, 3.8) is 0 Å². The Kier molecular flexibility index (Phi) is 4.76. The van der Waals surface area contributed by atoms with Gasteiger partial charge in [-0.15, -0.1) is 11.3 Å². The third-order valence-corrected chi connectivity index (χ3v) is 5.08. The van der Waals surface area contributed by atoms with Gasteiger partial charge >= 0.3 is 0 Å². The van der Waals surface area contributed by atoms with Gasteiger partial charge in [0.2, 0.25) is 5.91 Å². The molecule has 5 heteroatoms. The van der Waals surface area contributed by atoms with Crippen molar-refractivity contribution in [3.05, 3.63) is 57.8 Å². The van der Waals surface area contributed by atoms with Crippen molar-refractivity contribution in [2.24, 2.45) is 0 Å². The summed E-state index contributed by atoms with van der Waals surface area (Å²) >= 11 is 1.61. The monoisotopic (exact) mass is 328 g/mol. The molecule has 0 saturated carbocycles. The zero-order valence-electron chi connectivity index (χ0n) is 13.2. The molecule has 3 rings (SSSR count). The summed E-state index contributed by atoms with van der Waals surface area (Å²) in [4.78, 5) is 29.7. The number of thiophene rings is 1. The Labute approximate surface area is 140 Å². The van der Waals surface area contributed by atoms with Crippen LogP contribution in [0, 0.1) is 6.92 Å². The van der Waals surface area contributed by atoms with Gasteiger partial charge in [-0.2, -0.15) is 0 Å². The minimum Gasteiger partial charge on any atom is -0.339 e. The number of carbonyl (C=O) groups is 2. The standard InChI is InChI=1S/C18H20N2O2S/c1-14-5-2-3-7-16(14)18(22)20-10-8-19(9-11-20)17(21)13-15-6-4-12-23-15/h2-7,12H,8-11,13H2,1H3. The zero-order valence-corrected chi connectivity index (χ0v) is 14.0. The van der Waals surface area contributed by atoms with Crippen LogP contribution in [0.4, 0.5) is 0 Å². The molecule has 1 aromatic carbocycles. The van der Waals surface area contributed by atoms with Gasteiger partial charge in [0.25, 0.3) is 5.91 Å². The molecule has 0 radical (unpaired) electrons. The van der Waals surface area contributed by atoms with Crippen LogP contribution in [0.1, 0.15) is 20.8 Å². The molecular weight excluding hydrogens is 308 g/mol. The quantitative estimate of drug-likeness (QED) is 0.869. The van der Waals surface area contributed by atoms with Crippen molar-refractivity contribution in [2.45, 2.75) is 13.3 Å². The van der Waals surface area contributed by atoms with Gasteiger partial charge in [-0.3, -0.25) is 9.59 Å². The summed E-state index contributed by atoms with van der Waals surface area (Å²) in [6, 6.07) is 11.6. The Bertz CT molecular complexity index is 689. The lowest BCUT2D eigenvalue weighted by molar-refractivity contribution is -0.131. The smallest absolute Gasteiger partial charge is 0.254 e. The van der Waals surface area contributed by atoms with Gasteiger partial charge < -0.3 is 9.80 Å². The molecule has 2 amide bonds. The molecule has 1 fully saturated rings. The highest BCUT2D eigenvalue weighted by molar-refractivity contribution is 7.10. The maximum atomic E-state index is 12.6. The van der Waals surface area contributed by atoms with E-state index in [1.165, 1.54) is 0 Å². The van der Waals surface area contributed by atoms with Crippen LogP contribution in [0.15, 0.2) is 41.8 Å². The van der Waals surface area contributed by atoms with Gasteiger partial charge in [-0.1, -0.05) is 24.3 Å². The van der Waals surface area contributed by atoms with Crippen LogP contribution in [-0.2, 0) is 11.2 Å². The van der Waals surface area contributed by atoms with Gasteiger partial charge in [0.15, 0.2) is 0 Å². The first-order valence-corrected chi connectivity index (χ1v) is 8.68. The van der Waals surface area contributed by atoms with Crippen LogP contribution in [0.25, 0.3) is 0 Å². The summed E-state index contributed by atoms with van der Waals surface area (Å²) in [6.45, 7) is 4.38. The molecule has 0 spiro atoms. The SMILES string of the molecule is Cc1ccccc1C(=O)N1CCN(C(=O)Cc2cccs2)CC1. The highest BCUT2D eigenvalue weighted by Gasteiger charge is 2.25. The lowest BCUT2D eigenvalue weighted by Gasteiger charge is -2.35. The molecule has 0 aliphatic carbocycles. The molecule has 0 unspecified atom stereocenters. The first-order valence-electron chi connectivity index (χ1n) is 7.80. The van der Waals surface area contributed by atoms with E-state index >= 15 is 0 Å². The van der Waals surface area contributed by atoms with E-state index in [0.29, 0.717) is 32.6 Å². The molecule has 0 N–H and O–H groups in total. The second kappa shape index (κ2) is 6.96. The highest BCUT2D eigenvalue weighted by atomic mass is 32.1. The largest absolute Gasteiger partial charge is 0.339 e. The van der Waals surface area contributed by atoms with E-state index in [-0.39, 0.29) is 11.8 Å². The van der Waals surface area contributed by atoms with E-state index in [1.54, 1.807) is 11.3 Å². The highest BCUT2D eigenvalue weighted by Crippen LogP contribution is 2.15. The molecule has 2 heterocycles. The number of piperazine rings is 1. The topological polar surface area (TPSA) is 40.6 Å². The lowest BCUT2D eigenvalue weighted by Crippen LogP contribution is -2.51. The average Bonchev–Trinajstić information content (AvgIpc) is 3.08. The number of hydrogen-bond donors (Lipinski definition) is 0. The van der Waals surface area contributed by atoms with Crippen molar-refractivity contribution < 1.29 is 9.59 Å². The summed E-state index contributed by atoms with van der Waals surface area (Å²) in [5.41, 5.74) is 1.75. The van der Waals surface area contributed by atoms with Crippen LogP contribution in [0.2, 0.25) is 0 Å². The fourth-order valence-electron chi connectivity index (χ4n) is 2.82. The predicted octanol–water partition coefficient (Wildman–Crippen LogP) is 2.58. The van der Waals surface area contributed by atoms with Gasteiger partial charge in [0.1, 0.15) is 0 Å². The normalized spacial score (nSPS) is 14.8. The number of carbonyl (C=O) groups excluding carboxylic acids is 2. The Balaban J connectivity index is 1.57. The lowest BCUT2D eigenvalue weighted by atomic mass is 10.1. The van der Waals surface area contributed by atoms with Crippen LogP contribution < -0.4 is 0 Å². The summed E-state index contributed by atoms with van der Waals surface area (Å²) in [5, 5.41) is 1.99. The van der Waals surface area contributed by atoms with E-state index in [0.717, 1.165) is 16.0 Å². The van der Waals surface area contributed by atoms with Crippen molar-refractivity contribution in [2.75, 3.05) is 26.2 Å². The maximum absolute atomic E-state index is 12.6. The van der Waals surface area contributed by atoms with Crippen LogP contribution in [0.3, 0.4) is 0 Å². The van der Waals surface area contributed by atoms with Gasteiger partial charge in [-0.05, 0) is 30.0 Å². The van der Waals surface area contributed by atoms with Crippen molar-refractivity contribution in [1.29, 1.82) is 0 Å². The summed E-state index contributed by atoms with van der Waals surface area (Å²) in [5.74, 6) is 0.212. The third kappa shape index (κ3) is 3.62. The molecule has 2 aromatic rings. The number of rotatable bonds is 3. The van der Waals surface area contributed by atoms with Crippen molar-refractivity contribution in [3.8, 4) is 0 Å². The fraction of sp³-hybridized carbons (Fsp3) is 0.333. The molecule has 1 aliphatic rings. The molecule has 1 aromatic heterocycles. The Morgan fingerprint density at radius 3 is 2.35 bits per heavy atom. The molecular formula is C18H20N2O2S. The predicted molar refractivity (Wildman–Crippen MR) is 91.7 cm³/mol. The van der Waals surface area contributed by atoms with Crippen LogP contribution >= 0.6 is 11.3 Å². The number of amides is 2. The zero-order chi connectivity index (χ0) is 16.2. The molecule has 120 valence electrons. The molecule has 1 aliphatic heterocycles. The Hall–Kier alpha value is -2.14. The Morgan fingerprint density at radius 1 is 1.00 bits per heavy atom. The number of aryl methyl sites for hydroxylation is 1. The molecule has 0 atom stereocenters. The van der Waals surface area contributed by atoms with Crippen molar-refractivity contribution >= 4 is 23.2 Å². The molecule has 1 saturated heterocycles. The average molecular weight is 328 g/mol. The van der Waals surface area contributed by atoms with Crippen LogP contribution in [-0.4, -0.2) is 47.8 Å². The molecule has 0 bridgehead atoms. The van der Waals surface area contributed by atoms with E-state index in [4.69, 9.17) is 0 Å². The number of benzene rings is 1. The summed E-state index contributed by atoms with van der Waals surface area (Å²) in [7, 11) is 0. The van der Waals surface area contributed by atoms with Crippen LogP contribution in [0.5, 0.6) is 0 Å². The minimum absolute atomic E-state index is 0.0634. The van der Waals surface area contributed by atoms with Gasteiger partial charge in [0.05, 0.1) is 6.42 Å². The van der Waals surface area contributed by atoms with E-state index in [9.17, 15) is 9.59 Å².